The molecule has 1 aliphatic rings. The molecule has 0 unspecified atom stereocenters. The van der Waals surface area contributed by atoms with E-state index in [0.717, 1.165) is 48.4 Å². The van der Waals surface area contributed by atoms with Gasteiger partial charge in [-0.3, -0.25) is 9.69 Å². The fourth-order valence-corrected chi connectivity index (χ4v) is 2.81. The van der Waals surface area contributed by atoms with Crippen LogP contribution in [0, 0.1) is 13.8 Å². The molecule has 0 bridgehead atoms. The van der Waals surface area contributed by atoms with Gasteiger partial charge in [0, 0.05) is 26.2 Å². The summed E-state index contributed by atoms with van der Waals surface area (Å²) in [6.07, 6.45) is 0. The number of thiazole rings is 1. The average molecular weight is 269 g/mol. The molecule has 1 aromatic rings. The molecule has 5 nitrogen and oxygen atoms in total. The molecule has 1 N–H and O–H groups in total. The quantitative estimate of drug-likeness (QED) is 0.879. The third-order valence-corrected chi connectivity index (χ3v) is 4.00. The minimum atomic E-state index is -0.00800. The monoisotopic (exact) mass is 269 g/mol. The second kappa shape index (κ2) is 6.26. The molecule has 18 heavy (non-hydrogen) atoms. The van der Waals surface area contributed by atoms with Gasteiger partial charge in [0.1, 0.15) is 4.88 Å². The highest BCUT2D eigenvalue weighted by Crippen LogP contribution is 2.16. The maximum absolute atomic E-state index is 11.9. The average Bonchev–Trinajstić information content (AvgIpc) is 2.70. The number of aryl methyl sites for hydroxylation is 2. The lowest BCUT2D eigenvalue weighted by molar-refractivity contribution is 0.0383. The van der Waals surface area contributed by atoms with Crippen molar-refractivity contribution in [2.24, 2.45) is 0 Å². The van der Waals surface area contributed by atoms with E-state index in [4.69, 9.17) is 4.74 Å². The van der Waals surface area contributed by atoms with Gasteiger partial charge in [0.15, 0.2) is 0 Å². The maximum atomic E-state index is 11.9. The van der Waals surface area contributed by atoms with Gasteiger partial charge in [-0.1, -0.05) is 0 Å². The Morgan fingerprint density at radius 3 is 2.78 bits per heavy atom. The standard InChI is InChI=1S/C12H19N3O2S/c1-9-11(18-10(2)14-9)12(16)13-3-4-15-5-7-17-8-6-15/h3-8H2,1-2H3,(H,13,16). The summed E-state index contributed by atoms with van der Waals surface area (Å²) in [5, 5.41) is 3.89. The van der Waals surface area contributed by atoms with Crippen LogP contribution in [-0.2, 0) is 4.74 Å². The minimum absolute atomic E-state index is 0.00800. The zero-order chi connectivity index (χ0) is 13.0. The van der Waals surface area contributed by atoms with E-state index < -0.39 is 0 Å². The number of hydrogen-bond donors (Lipinski definition) is 1. The summed E-state index contributed by atoms with van der Waals surface area (Å²) in [5.74, 6) is -0.00800. The zero-order valence-electron chi connectivity index (χ0n) is 10.9. The number of nitrogens with zero attached hydrogens (tertiary/aromatic N) is 2. The third-order valence-electron chi connectivity index (χ3n) is 2.93. The Labute approximate surface area is 111 Å². The molecule has 0 spiro atoms. The number of rotatable bonds is 4. The molecule has 2 rings (SSSR count). The number of nitrogens with one attached hydrogen (secondary N) is 1. The highest BCUT2D eigenvalue weighted by Gasteiger charge is 2.14. The predicted octanol–water partition coefficient (Wildman–Crippen LogP) is 0.822. The van der Waals surface area contributed by atoms with E-state index in [1.807, 2.05) is 13.8 Å². The first kappa shape index (κ1) is 13.5. The molecule has 1 saturated heterocycles. The van der Waals surface area contributed by atoms with Crippen LogP contribution >= 0.6 is 11.3 Å². The molecule has 1 fully saturated rings. The van der Waals surface area contributed by atoms with Crippen molar-refractivity contribution >= 4 is 17.2 Å². The fraction of sp³-hybridized carbons (Fsp3) is 0.667. The topological polar surface area (TPSA) is 54.5 Å². The van der Waals surface area contributed by atoms with Gasteiger partial charge in [-0.15, -0.1) is 11.3 Å². The van der Waals surface area contributed by atoms with Crippen LogP contribution in [0.1, 0.15) is 20.4 Å². The van der Waals surface area contributed by atoms with Crippen molar-refractivity contribution in [1.29, 1.82) is 0 Å². The predicted molar refractivity (Wildman–Crippen MR) is 71.2 cm³/mol. The van der Waals surface area contributed by atoms with Gasteiger partial charge in [0.05, 0.1) is 23.9 Å². The van der Waals surface area contributed by atoms with Crippen molar-refractivity contribution in [2.75, 3.05) is 39.4 Å². The van der Waals surface area contributed by atoms with E-state index in [2.05, 4.69) is 15.2 Å². The van der Waals surface area contributed by atoms with Crippen molar-refractivity contribution in [2.45, 2.75) is 13.8 Å². The molecule has 1 amide bonds. The summed E-state index contributed by atoms with van der Waals surface area (Å²) in [7, 11) is 0. The molecule has 100 valence electrons. The highest BCUT2D eigenvalue weighted by molar-refractivity contribution is 7.13. The smallest absolute Gasteiger partial charge is 0.263 e. The molecule has 0 saturated carbocycles. The number of morpholine rings is 1. The molecular weight excluding hydrogens is 250 g/mol. The second-order valence-corrected chi connectivity index (χ2v) is 5.56. The Bertz CT molecular complexity index is 413. The van der Waals surface area contributed by atoms with Crippen molar-refractivity contribution in [3.63, 3.8) is 0 Å². The van der Waals surface area contributed by atoms with Crippen LogP contribution in [0.3, 0.4) is 0 Å². The summed E-state index contributed by atoms with van der Waals surface area (Å²) in [4.78, 5) is 19.2. The molecule has 0 aliphatic carbocycles. The first-order valence-corrected chi connectivity index (χ1v) is 7.01. The van der Waals surface area contributed by atoms with E-state index in [-0.39, 0.29) is 5.91 Å². The summed E-state index contributed by atoms with van der Waals surface area (Å²) < 4.78 is 5.28. The summed E-state index contributed by atoms with van der Waals surface area (Å²) in [6, 6.07) is 0. The molecule has 1 aromatic heterocycles. The SMILES string of the molecule is Cc1nc(C)c(C(=O)NCCN2CCOCC2)s1. The molecule has 1 aliphatic heterocycles. The van der Waals surface area contributed by atoms with Gasteiger partial charge in [0.2, 0.25) is 0 Å². The Balaban J connectivity index is 1.76. The number of aromatic nitrogens is 1. The van der Waals surface area contributed by atoms with Crippen molar-refractivity contribution in [3.8, 4) is 0 Å². The van der Waals surface area contributed by atoms with E-state index in [0.29, 0.717) is 6.54 Å². The lowest BCUT2D eigenvalue weighted by Crippen LogP contribution is -2.41. The Morgan fingerprint density at radius 2 is 2.17 bits per heavy atom. The van der Waals surface area contributed by atoms with Gasteiger partial charge in [-0.05, 0) is 13.8 Å². The number of hydrogen-bond acceptors (Lipinski definition) is 5. The Kier molecular flexibility index (Phi) is 4.68. The van der Waals surface area contributed by atoms with Crippen LogP contribution in [0.15, 0.2) is 0 Å². The van der Waals surface area contributed by atoms with Crippen LogP contribution < -0.4 is 5.32 Å². The van der Waals surface area contributed by atoms with Crippen molar-refractivity contribution < 1.29 is 9.53 Å². The van der Waals surface area contributed by atoms with Crippen LogP contribution in [0.5, 0.6) is 0 Å². The van der Waals surface area contributed by atoms with Gasteiger partial charge >= 0.3 is 0 Å². The number of ether oxygens (including phenoxy) is 1. The Morgan fingerprint density at radius 1 is 1.44 bits per heavy atom. The van der Waals surface area contributed by atoms with Gasteiger partial charge in [-0.2, -0.15) is 0 Å². The van der Waals surface area contributed by atoms with Gasteiger partial charge in [0.25, 0.3) is 5.91 Å². The number of carbonyl (C=O) groups excluding carboxylic acids is 1. The summed E-state index contributed by atoms with van der Waals surface area (Å²) in [5.41, 5.74) is 0.821. The van der Waals surface area contributed by atoms with Crippen LogP contribution in [0.25, 0.3) is 0 Å². The second-order valence-electron chi connectivity index (χ2n) is 4.36. The zero-order valence-corrected chi connectivity index (χ0v) is 11.7. The minimum Gasteiger partial charge on any atom is -0.379 e. The van der Waals surface area contributed by atoms with E-state index in [1.165, 1.54) is 11.3 Å². The molecule has 2 heterocycles. The third kappa shape index (κ3) is 3.51. The van der Waals surface area contributed by atoms with E-state index >= 15 is 0 Å². The molecule has 0 radical (unpaired) electrons. The number of amides is 1. The molecule has 6 heteroatoms. The van der Waals surface area contributed by atoms with Crippen LogP contribution in [0.4, 0.5) is 0 Å². The van der Waals surface area contributed by atoms with E-state index in [1.54, 1.807) is 0 Å². The summed E-state index contributed by atoms with van der Waals surface area (Å²) >= 11 is 1.45. The molecule has 0 atom stereocenters. The lowest BCUT2D eigenvalue weighted by Gasteiger charge is -2.26. The molecular formula is C12H19N3O2S. The maximum Gasteiger partial charge on any atom is 0.263 e. The van der Waals surface area contributed by atoms with Gasteiger partial charge < -0.3 is 10.1 Å². The van der Waals surface area contributed by atoms with E-state index in [9.17, 15) is 4.79 Å². The molecule has 0 aromatic carbocycles. The van der Waals surface area contributed by atoms with Crippen LogP contribution in [-0.4, -0.2) is 55.2 Å². The number of carbonyl (C=O) groups is 1. The summed E-state index contributed by atoms with van der Waals surface area (Å²) in [6.45, 7) is 8.84. The first-order chi connectivity index (χ1) is 8.66. The van der Waals surface area contributed by atoms with Gasteiger partial charge in [-0.25, -0.2) is 4.98 Å². The normalized spacial score (nSPS) is 16.8. The fourth-order valence-electron chi connectivity index (χ4n) is 1.97. The Hall–Kier alpha value is -0.980. The lowest BCUT2D eigenvalue weighted by atomic mass is 10.3. The largest absolute Gasteiger partial charge is 0.379 e. The first-order valence-electron chi connectivity index (χ1n) is 6.19. The van der Waals surface area contributed by atoms with Crippen molar-refractivity contribution in [1.82, 2.24) is 15.2 Å². The van der Waals surface area contributed by atoms with Crippen LogP contribution in [0.2, 0.25) is 0 Å². The van der Waals surface area contributed by atoms with Crippen molar-refractivity contribution in [3.05, 3.63) is 15.6 Å². The highest BCUT2D eigenvalue weighted by atomic mass is 32.1.